The molecule has 2 atom stereocenters. The van der Waals surface area contributed by atoms with Crippen molar-refractivity contribution in [2.24, 2.45) is 5.92 Å². The molecule has 0 aromatic heterocycles. The van der Waals surface area contributed by atoms with Crippen LogP contribution in [0.4, 0.5) is 0 Å². The van der Waals surface area contributed by atoms with Crippen molar-refractivity contribution in [3.63, 3.8) is 0 Å². The Balaban J connectivity index is 1.73. The van der Waals surface area contributed by atoms with Crippen LogP contribution in [0.2, 0.25) is 0 Å². The lowest BCUT2D eigenvalue weighted by molar-refractivity contribution is 0.240. The van der Waals surface area contributed by atoms with Gasteiger partial charge in [0.2, 0.25) is 0 Å². The molecule has 1 aromatic carbocycles. The molecule has 0 amide bonds. The highest BCUT2D eigenvalue weighted by atomic mass is 16.5. The Morgan fingerprint density at radius 1 is 1.26 bits per heavy atom. The van der Waals surface area contributed by atoms with E-state index in [1.165, 1.54) is 31.2 Å². The third kappa shape index (κ3) is 3.11. The van der Waals surface area contributed by atoms with Crippen LogP contribution in [0.25, 0.3) is 0 Å². The van der Waals surface area contributed by atoms with E-state index in [9.17, 15) is 0 Å². The summed E-state index contributed by atoms with van der Waals surface area (Å²) in [4.78, 5) is 0. The first kappa shape index (κ1) is 13.0. The van der Waals surface area contributed by atoms with E-state index in [0.29, 0.717) is 12.0 Å². The summed E-state index contributed by atoms with van der Waals surface area (Å²) in [5.41, 5.74) is 1.41. The molecule has 3 rings (SSSR count). The van der Waals surface area contributed by atoms with Gasteiger partial charge in [0.15, 0.2) is 0 Å². The van der Waals surface area contributed by atoms with Crippen molar-refractivity contribution in [3.8, 4) is 5.75 Å². The van der Waals surface area contributed by atoms with Gasteiger partial charge in [-0.1, -0.05) is 38.0 Å². The van der Waals surface area contributed by atoms with Gasteiger partial charge in [-0.2, -0.15) is 0 Å². The van der Waals surface area contributed by atoms with Crippen LogP contribution in [0.1, 0.15) is 50.5 Å². The number of likely N-dealkylation sites (N-methyl/N-ethyl adjacent to an activating group) is 1. The molecule has 1 aromatic rings. The van der Waals surface area contributed by atoms with Gasteiger partial charge >= 0.3 is 0 Å². The standard InChI is InChI=1S/C17H25NO/c1-2-18-16(10-9-13-7-8-13)14-11-12-19-17-6-4-3-5-15(14)17/h3-6,13-14,16,18H,2,7-12H2,1H3. The number of nitrogens with one attached hydrogen (secondary N) is 1. The molecule has 2 nitrogen and oxygen atoms in total. The zero-order valence-electron chi connectivity index (χ0n) is 11.9. The van der Waals surface area contributed by atoms with E-state index in [1.807, 2.05) is 0 Å². The van der Waals surface area contributed by atoms with Crippen molar-refractivity contribution in [2.45, 2.75) is 51.0 Å². The van der Waals surface area contributed by atoms with Crippen LogP contribution < -0.4 is 10.1 Å². The Morgan fingerprint density at radius 3 is 2.89 bits per heavy atom. The highest BCUT2D eigenvalue weighted by molar-refractivity contribution is 5.38. The molecular weight excluding hydrogens is 234 g/mol. The van der Waals surface area contributed by atoms with Crippen LogP contribution in [0.3, 0.4) is 0 Å². The minimum Gasteiger partial charge on any atom is -0.493 e. The Hall–Kier alpha value is -1.02. The predicted octanol–water partition coefficient (Wildman–Crippen LogP) is 3.72. The van der Waals surface area contributed by atoms with Crippen molar-refractivity contribution in [1.82, 2.24) is 5.32 Å². The molecule has 0 spiro atoms. The molecule has 1 saturated carbocycles. The second-order valence-corrected chi connectivity index (χ2v) is 5.97. The van der Waals surface area contributed by atoms with E-state index < -0.39 is 0 Å². The number of hydrogen-bond donors (Lipinski definition) is 1. The predicted molar refractivity (Wildman–Crippen MR) is 78.7 cm³/mol. The molecule has 2 heteroatoms. The van der Waals surface area contributed by atoms with Crippen LogP contribution in [0.5, 0.6) is 5.75 Å². The highest BCUT2D eigenvalue weighted by Gasteiger charge is 2.30. The summed E-state index contributed by atoms with van der Waals surface area (Å²) >= 11 is 0. The lowest BCUT2D eigenvalue weighted by atomic mass is 9.84. The zero-order chi connectivity index (χ0) is 13.1. The maximum Gasteiger partial charge on any atom is 0.122 e. The third-order valence-electron chi connectivity index (χ3n) is 4.54. The Morgan fingerprint density at radius 2 is 2.11 bits per heavy atom. The third-order valence-corrected chi connectivity index (χ3v) is 4.54. The SMILES string of the molecule is CCNC(CCC1CC1)C1CCOc2ccccc21. The van der Waals surface area contributed by atoms with Gasteiger partial charge < -0.3 is 10.1 Å². The largest absolute Gasteiger partial charge is 0.493 e. The highest BCUT2D eigenvalue weighted by Crippen LogP contribution is 2.39. The smallest absolute Gasteiger partial charge is 0.122 e. The lowest BCUT2D eigenvalue weighted by Gasteiger charge is -2.33. The maximum absolute atomic E-state index is 5.79. The number of ether oxygens (including phenoxy) is 1. The van der Waals surface area contributed by atoms with Gasteiger partial charge in [-0.3, -0.25) is 0 Å². The van der Waals surface area contributed by atoms with Crippen molar-refractivity contribution in [3.05, 3.63) is 29.8 Å². The second kappa shape index (κ2) is 5.96. The molecule has 2 unspecified atom stereocenters. The van der Waals surface area contributed by atoms with Gasteiger partial charge in [0.1, 0.15) is 5.75 Å². The van der Waals surface area contributed by atoms with Gasteiger partial charge in [0, 0.05) is 12.0 Å². The van der Waals surface area contributed by atoms with Gasteiger partial charge in [-0.15, -0.1) is 0 Å². The van der Waals surface area contributed by atoms with Gasteiger partial charge in [-0.25, -0.2) is 0 Å². The van der Waals surface area contributed by atoms with Crippen LogP contribution >= 0.6 is 0 Å². The summed E-state index contributed by atoms with van der Waals surface area (Å²) in [7, 11) is 0. The lowest BCUT2D eigenvalue weighted by Crippen LogP contribution is -2.37. The molecule has 1 aliphatic heterocycles. The van der Waals surface area contributed by atoms with Crippen molar-refractivity contribution >= 4 is 0 Å². The summed E-state index contributed by atoms with van der Waals surface area (Å²) in [6.45, 7) is 4.15. The molecule has 2 aliphatic rings. The fraction of sp³-hybridized carbons (Fsp3) is 0.647. The van der Waals surface area contributed by atoms with E-state index in [-0.39, 0.29) is 0 Å². The van der Waals surface area contributed by atoms with Gasteiger partial charge in [0.25, 0.3) is 0 Å². The Labute approximate surface area is 116 Å². The molecule has 0 saturated heterocycles. The number of hydrogen-bond acceptors (Lipinski definition) is 2. The first-order valence-corrected chi connectivity index (χ1v) is 7.83. The minimum atomic E-state index is 0.621. The number of rotatable bonds is 6. The molecule has 1 N–H and O–H groups in total. The van der Waals surface area contributed by atoms with Crippen molar-refractivity contribution in [2.75, 3.05) is 13.2 Å². The summed E-state index contributed by atoms with van der Waals surface area (Å²) < 4.78 is 5.79. The molecule has 1 aliphatic carbocycles. The average Bonchev–Trinajstić information content (AvgIpc) is 3.27. The first-order valence-electron chi connectivity index (χ1n) is 7.83. The average molecular weight is 259 g/mol. The van der Waals surface area contributed by atoms with Crippen LogP contribution in [-0.4, -0.2) is 19.2 Å². The minimum absolute atomic E-state index is 0.621. The summed E-state index contributed by atoms with van der Waals surface area (Å²) in [5, 5.41) is 3.72. The molecule has 0 bridgehead atoms. The fourth-order valence-corrected chi connectivity index (χ4v) is 3.32. The topological polar surface area (TPSA) is 21.3 Å². The Kier molecular flexibility index (Phi) is 4.07. The molecular formula is C17H25NO. The number of fused-ring (bicyclic) bond motifs is 1. The summed E-state index contributed by atoms with van der Waals surface area (Å²) in [6.07, 6.45) is 6.79. The van der Waals surface area contributed by atoms with E-state index in [4.69, 9.17) is 4.74 Å². The van der Waals surface area contributed by atoms with E-state index >= 15 is 0 Å². The second-order valence-electron chi connectivity index (χ2n) is 5.97. The van der Waals surface area contributed by atoms with Crippen LogP contribution in [0.15, 0.2) is 24.3 Å². The van der Waals surface area contributed by atoms with Crippen molar-refractivity contribution < 1.29 is 4.74 Å². The van der Waals surface area contributed by atoms with Crippen LogP contribution in [-0.2, 0) is 0 Å². The number of para-hydroxylation sites is 1. The van der Waals surface area contributed by atoms with Crippen molar-refractivity contribution in [1.29, 1.82) is 0 Å². The monoisotopic (exact) mass is 259 g/mol. The summed E-state index contributed by atoms with van der Waals surface area (Å²) in [6, 6.07) is 9.21. The van der Waals surface area contributed by atoms with E-state index in [1.54, 1.807) is 0 Å². The fourth-order valence-electron chi connectivity index (χ4n) is 3.32. The molecule has 19 heavy (non-hydrogen) atoms. The van der Waals surface area contributed by atoms with Gasteiger partial charge in [-0.05, 0) is 43.4 Å². The number of benzene rings is 1. The molecule has 1 fully saturated rings. The van der Waals surface area contributed by atoms with Gasteiger partial charge in [0.05, 0.1) is 6.61 Å². The van der Waals surface area contributed by atoms with Crippen LogP contribution in [0, 0.1) is 5.92 Å². The zero-order valence-corrected chi connectivity index (χ0v) is 11.9. The first-order chi connectivity index (χ1) is 9.38. The van der Waals surface area contributed by atoms with E-state index in [2.05, 4.69) is 36.5 Å². The quantitative estimate of drug-likeness (QED) is 0.840. The normalized spacial score (nSPS) is 23.5. The molecule has 1 heterocycles. The molecule has 0 radical (unpaired) electrons. The maximum atomic E-state index is 5.79. The Bertz CT molecular complexity index is 413. The van der Waals surface area contributed by atoms with E-state index in [0.717, 1.165) is 31.2 Å². The summed E-state index contributed by atoms with van der Waals surface area (Å²) in [5.74, 6) is 2.76. The molecule has 104 valence electrons.